The maximum absolute atomic E-state index is 13.4. The van der Waals surface area contributed by atoms with Crippen molar-refractivity contribution in [3.05, 3.63) is 40.7 Å². The van der Waals surface area contributed by atoms with Crippen LogP contribution in [-0.4, -0.2) is 12.6 Å². The van der Waals surface area contributed by atoms with Crippen LogP contribution in [0.15, 0.2) is 30.1 Å². The van der Waals surface area contributed by atoms with E-state index in [2.05, 4.69) is 0 Å². The smallest absolute Gasteiger partial charge is 0.367 e. The fourth-order valence-corrected chi connectivity index (χ4v) is 1.36. The average Bonchev–Trinajstić information content (AvgIpc) is 2.32. The number of halogens is 2. The Balaban J connectivity index is 2.66. The van der Waals surface area contributed by atoms with E-state index in [0.717, 1.165) is 18.9 Å². The average molecular weight is 257 g/mol. The minimum atomic E-state index is -0.946. The van der Waals surface area contributed by atoms with Crippen molar-refractivity contribution >= 4 is 23.6 Å². The minimum Gasteiger partial charge on any atom is -0.460 e. The summed E-state index contributed by atoms with van der Waals surface area (Å²) < 4.78 is 18.1. The Labute approximate surface area is 105 Å². The summed E-state index contributed by atoms with van der Waals surface area (Å²) in [5, 5.41) is 0.393. The molecule has 0 aliphatic rings. The molecular formula is C13H14ClFO2. The molecule has 1 aromatic rings. The van der Waals surface area contributed by atoms with Gasteiger partial charge >= 0.3 is 5.97 Å². The van der Waals surface area contributed by atoms with Crippen molar-refractivity contribution in [1.82, 2.24) is 0 Å². The standard InChI is InChI=1S/C13H14ClFO2/c1-2-3-8-17-13(16)12(15)9-10-6-4-5-7-11(10)14/h4-7,9H,2-3,8H2,1H3/b12-9+. The lowest BCUT2D eigenvalue weighted by atomic mass is 10.2. The molecule has 0 spiro atoms. The van der Waals surface area contributed by atoms with Crippen LogP contribution in [0.1, 0.15) is 25.3 Å². The molecule has 0 amide bonds. The molecule has 1 rings (SSSR count). The van der Waals surface area contributed by atoms with Crippen LogP contribution in [-0.2, 0) is 9.53 Å². The number of esters is 1. The molecule has 0 fully saturated rings. The first-order chi connectivity index (χ1) is 8.15. The van der Waals surface area contributed by atoms with E-state index in [0.29, 0.717) is 10.6 Å². The van der Waals surface area contributed by atoms with E-state index in [-0.39, 0.29) is 6.61 Å². The van der Waals surface area contributed by atoms with Gasteiger partial charge in [0.1, 0.15) is 0 Å². The number of benzene rings is 1. The Morgan fingerprint density at radius 2 is 2.18 bits per heavy atom. The molecule has 0 bridgehead atoms. The Bertz CT molecular complexity index is 416. The monoisotopic (exact) mass is 256 g/mol. The summed E-state index contributed by atoms with van der Waals surface area (Å²) in [6, 6.07) is 6.70. The fourth-order valence-electron chi connectivity index (χ4n) is 1.17. The Kier molecular flexibility index (Phi) is 5.70. The Morgan fingerprint density at radius 3 is 2.82 bits per heavy atom. The zero-order valence-electron chi connectivity index (χ0n) is 9.58. The summed E-state index contributed by atoms with van der Waals surface area (Å²) in [5.41, 5.74) is 0.458. The molecule has 0 saturated heterocycles. The van der Waals surface area contributed by atoms with Crippen LogP contribution in [0.2, 0.25) is 5.02 Å². The zero-order chi connectivity index (χ0) is 12.7. The van der Waals surface area contributed by atoms with Gasteiger partial charge in [-0.15, -0.1) is 0 Å². The molecule has 0 aliphatic heterocycles. The van der Waals surface area contributed by atoms with Gasteiger partial charge in [-0.05, 0) is 24.1 Å². The quantitative estimate of drug-likeness (QED) is 0.452. The van der Waals surface area contributed by atoms with Crippen molar-refractivity contribution in [2.45, 2.75) is 19.8 Å². The first kappa shape index (κ1) is 13.7. The predicted octanol–water partition coefficient (Wildman–Crippen LogP) is 3.99. The number of unbranched alkanes of at least 4 members (excludes halogenated alkanes) is 1. The summed E-state index contributed by atoms with van der Waals surface area (Å²) in [5.74, 6) is -1.88. The van der Waals surface area contributed by atoms with Gasteiger partial charge in [-0.25, -0.2) is 4.79 Å². The van der Waals surface area contributed by atoms with Gasteiger partial charge in [0.2, 0.25) is 5.83 Å². The van der Waals surface area contributed by atoms with Crippen LogP contribution in [0.4, 0.5) is 4.39 Å². The molecule has 0 aromatic heterocycles. The highest BCUT2D eigenvalue weighted by Gasteiger charge is 2.10. The lowest BCUT2D eigenvalue weighted by Gasteiger charge is -2.02. The second-order valence-corrected chi connectivity index (χ2v) is 3.91. The van der Waals surface area contributed by atoms with Gasteiger partial charge < -0.3 is 4.74 Å². The van der Waals surface area contributed by atoms with Crippen LogP contribution in [0.3, 0.4) is 0 Å². The summed E-state index contributed by atoms with van der Waals surface area (Å²) in [4.78, 5) is 11.2. The highest BCUT2D eigenvalue weighted by molar-refractivity contribution is 6.32. The number of carbonyl (C=O) groups excluding carboxylic acids is 1. The lowest BCUT2D eigenvalue weighted by Crippen LogP contribution is -2.06. The molecule has 0 atom stereocenters. The van der Waals surface area contributed by atoms with Crippen molar-refractivity contribution in [2.24, 2.45) is 0 Å². The third-order valence-corrected chi connectivity index (χ3v) is 2.46. The molecule has 2 nitrogen and oxygen atoms in total. The maximum atomic E-state index is 13.4. The highest BCUT2D eigenvalue weighted by Crippen LogP contribution is 2.19. The predicted molar refractivity (Wildman–Crippen MR) is 66.4 cm³/mol. The highest BCUT2D eigenvalue weighted by atomic mass is 35.5. The Morgan fingerprint density at radius 1 is 1.47 bits per heavy atom. The van der Waals surface area contributed by atoms with E-state index in [1.807, 2.05) is 6.92 Å². The first-order valence-corrected chi connectivity index (χ1v) is 5.81. The zero-order valence-corrected chi connectivity index (χ0v) is 10.3. The van der Waals surface area contributed by atoms with Gasteiger partial charge in [-0.2, -0.15) is 4.39 Å². The molecule has 1 aromatic carbocycles. The largest absolute Gasteiger partial charge is 0.460 e. The van der Waals surface area contributed by atoms with Gasteiger partial charge in [-0.3, -0.25) is 0 Å². The van der Waals surface area contributed by atoms with E-state index in [1.54, 1.807) is 24.3 Å². The van der Waals surface area contributed by atoms with E-state index in [9.17, 15) is 9.18 Å². The van der Waals surface area contributed by atoms with E-state index in [1.165, 1.54) is 0 Å². The van der Waals surface area contributed by atoms with Crippen molar-refractivity contribution in [1.29, 1.82) is 0 Å². The van der Waals surface area contributed by atoms with Crippen molar-refractivity contribution in [3.63, 3.8) is 0 Å². The van der Waals surface area contributed by atoms with Crippen molar-refractivity contribution < 1.29 is 13.9 Å². The van der Waals surface area contributed by atoms with Crippen molar-refractivity contribution in [2.75, 3.05) is 6.61 Å². The van der Waals surface area contributed by atoms with Crippen molar-refractivity contribution in [3.8, 4) is 0 Å². The SMILES string of the molecule is CCCCOC(=O)/C(F)=C\c1ccccc1Cl. The van der Waals surface area contributed by atoms with Crippen LogP contribution in [0.5, 0.6) is 0 Å². The number of ether oxygens (including phenoxy) is 1. The topological polar surface area (TPSA) is 26.3 Å². The van der Waals surface area contributed by atoms with E-state index < -0.39 is 11.8 Å². The van der Waals surface area contributed by atoms with Crippen LogP contribution in [0.25, 0.3) is 6.08 Å². The van der Waals surface area contributed by atoms with Gasteiger partial charge in [0.05, 0.1) is 6.61 Å². The number of rotatable bonds is 5. The molecule has 0 unspecified atom stereocenters. The minimum absolute atomic E-state index is 0.235. The van der Waals surface area contributed by atoms with Gasteiger partial charge in [0.15, 0.2) is 0 Å². The van der Waals surface area contributed by atoms with Gasteiger partial charge in [-0.1, -0.05) is 43.1 Å². The number of hydrogen-bond acceptors (Lipinski definition) is 2. The summed E-state index contributed by atoms with van der Waals surface area (Å²) in [6.45, 7) is 2.20. The third-order valence-electron chi connectivity index (χ3n) is 2.11. The summed E-state index contributed by atoms with van der Waals surface area (Å²) >= 11 is 5.84. The van der Waals surface area contributed by atoms with Crippen LogP contribution in [0, 0.1) is 0 Å². The molecule has 0 N–H and O–H groups in total. The summed E-state index contributed by atoms with van der Waals surface area (Å²) in [6.07, 6.45) is 2.70. The second kappa shape index (κ2) is 7.07. The second-order valence-electron chi connectivity index (χ2n) is 3.50. The molecule has 0 aliphatic carbocycles. The maximum Gasteiger partial charge on any atom is 0.367 e. The third kappa shape index (κ3) is 4.57. The van der Waals surface area contributed by atoms with E-state index >= 15 is 0 Å². The first-order valence-electron chi connectivity index (χ1n) is 5.44. The molecule has 0 radical (unpaired) electrons. The summed E-state index contributed by atoms with van der Waals surface area (Å²) in [7, 11) is 0. The molecule has 0 heterocycles. The molecular weight excluding hydrogens is 243 g/mol. The number of carbonyl (C=O) groups is 1. The van der Waals surface area contributed by atoms with Gasteiger partial charge in [0.25, 0.3) is 0 Å². The van der Waals surface area contributed by atoms with Crippen LogP contribution < -0.4 is 0 Å². The van der Waals surface area contributed by atoms with Gasteiger partial charge in [0, 0.05) is 5.02 Å². The molecule has 0 saturated carbocycles. The normalized spacial score (nSPS) is 11.4. The number of hydrogen-bond donors (Lipinski definition) is 0. The Hall–Kier alpha value is -1.35. The fraction of sp³-hybridized carbons (Fsp3) is 0.308. The van der Waals surface area contributed by atoms with Crippen LogP contribution >= 0.6 is 11.6 Å². The molecule has 17 heavy (non-hydrogen) atoms. The van der Waals surface area contributed by atoms with E-state index in [4.69, 9.17) is 16.3 Å². The molecule has 92 valence electrons. The lowest BCUT2D eigenvalue weighted by molar-refractivity contribution is -0.140. The molecule has 4 heteroatoms.